The summed E-state index contributed by atoms with van der Waals surface area (Å²) in [6, 6.07) is 25.4. The molecule has 2 heterocycles. The number of hydrogen-bond acceptors (Lipinski definition) is 1. The van der Waals surface area contributed by atoms with Gasteiger partial charge in [0.1, 0.15) is 8.07 Å². The summed E-state index contributed by atoms with van der Waals surface area (Å²) < 4.78 is 0. The van der Waals surface area contributed by atoms with E-state index in [1.165, 1.54) is 80.4 Å². The van der Waals surface area contributed by atoms with Crippen LogP contribution in [0.2, 0.25) is 13.1 Å². The van der Waals surface area contributed by atoms with Gasteiger partial charge in [-0.05, 0) is 105 Å². The first kappa shape index (κ1) is 25.3. The number of pyridine rings is 1. The average molecular weight is 516 g/mol. The molecule has 0 radical (unpaired) electrons. The largest absolute Gasteiger partial charge is 0.256 e. The minimum atomic E-state index is -1.95. The van der Waals surface area contributed by atoms with Gasteiger partial charge in [-0.25, -0.2) is 0 Å². The Labute approximate surface area is 230 Å². The third-order valence-corrected chi connectivity index (χ3v) is 13.0. The van der Waals surface area contributed by atoms with Crippen molar-refractivity contribution < 1.29 is 0 Å². The maximum absolute atomic E-state index is 5.04. The van der Waals surface area contributed by atoms with Crippen LogP contribution in [0.1, 0.15) is 87.5 Å². The van der Waals surface area contributed by atoms with Gasteiger partial charge in [0.2, 0.25) is 0 Å². The highest BCUT2D eigenvalue weighted by atomic mass is 28.3. The average Bonchev–Trinajstić information content (AvgIpc) is 3.18. The van der Waals surface area contributed by atoms with Crippen molar-refractivity contribution in [3.8, 4) is 11.3 Å². The second-order valence-electron chi connectivity index (χ2n) is 13.3. The lowest BCUT2D eigenvalue weighted by molar-refractivity contribution is 0.224. The molecule has 2 heteroatoms. The number of nitrogens with zero attached hydrogens (tertiary/aromatic N) is 1. The van der Waals surface area contributed by atoms with Crippen molar-refractivity contribution >= 4 is 35.3 Å². The topological polar surface area (TPSA) is 12.9 Å². The van der Waals surface area contributed by atoms with Gasteiger partial charge < -0.3 is 0 Å². The summed E-state index contributed by atoms with van der Waals surface area (Å²) in [5, 5.41) is 5.68. The summed E-state index contributed by atoms with van der Waals surface area (Å²) in [4.78, 5) is 5.04. The molecule has 0 atom stereocenters. The smallest absolute Gasteiger partial charge is 0.116 e. The van der Waals surface area contributed by atoms with Gasteiger partial charge in [0.25, 0.3) is 0 Å². The zero-order valence-corrected chi connectivity index (χ0v) is 24.9. The van der Waals surface area contributed by atoms with Crippen molar-refractivity contribution in [2.45, 2.75) is 78.3 Å². The van der Waals surface area contributed by atoms with Gasteiger partial charge in [0.15, 0.2) is 0 Å². The fourth-order valence-electron chi connectivity index (χ4n) is 7.01. The van der Waals surface area contributed by atoms with Crippen LogP contribution in [0.15, 0.2) is 72.9 Å². The molecular weight excluding hydrogens is 474 g/mol. The molecular formula is C36H41NSi. The summed E-state index contributed by atoms with van der Waals surface area (Å²) in [6.45, 7) is 14.5. The quantitative estimate of drug-likeness (QED) is 0.246. The lowest BCUT2D eigenvalue weighted by Crippen LogP contribution is -2.42. The molecule has 3 aromatic carbocycles. The van der Waals surface area contributed by atoms with E-state index in [4.69, 9.17) is 4.98 Å². The van der Waals surface area contributed by atoms with E-state index in [0.717, 1.165) is 5.92 Å². The van der Waals surface area contributed by atoms with Crippen LogP contribution in [0.5, 0.6) is 0 Å². The van der Waals surface area contributed by atoms with E-state index in [2.05, 4.69) is 114 Å². The lowest BCUT2D eigenvalue weighted by Gasteiger charge is -2.34. The standard InChI is InChI=1S/C36H41NSi/c1-24(2)32-22-30(21-28-9-7-8-10-31(28)32)34-35-29(17-20-37-34)23-33(38(35,5)6)27-13-11-25(12-14-27)26-15-18-36(3,4)19-16-26/h7-14,17,20-24,26H,15-16,18-19H2,1-6H3. The van der Waals surface area contributed by atoms with E-state index in [1.807, 2.05) is 6.20 Å². The first-order valence-corrected chi connectivity index (χ1v) is 17.5. The summed E-state index contributed by atoms with van der Waals surface area (Å²) in [5.74, 6) is 1.18. The molecule has 2 aliphatic rings. The second kappa shape index (κ2) is 9.34. The number of hydrogen-bond donors (Lipinski definition) is 0. The maximum atomic E-state index is 5.04. The van der Waals surface area contributed by atoms with E-state index in [0.29, 0.717) is 11.3 Å². The van der Waals surface area contributed by atoms with Crippen molar-refractivity contribution in [3.05, 3.63) is 95.2 Å². The van der Waals surface area contributed by atoms with Crippen LogP contribution in [0.4, 0.5) is 0 Å². The van der Waals surface area contributed by atoms with Crippen LogP contribution in [0.3, 0.4) is 0 Å². The Hall–Kier alpha value is -2.97. The molecule has 38 heavy (non-hydrogen) atoms. The van der Waals surface area contributed by atoms with Gasteiger partial charge in [0.05, 0.1) is 5.69 Å². The maximum Gasteiger partial charge on any atom is 0.116 e. The van der Waals surface area contributed by atoms with Crippen molar-refractivity contribution in [1.29, 1.82) is 0 Å². The summed E-state index contributed by atoms with van der Waals surface area (Å²) in [6.07, 6.45) is 9.79. The first-order chi connectivity index (χ1) is 18.1. The van der Waals surface area contributed by atoms with Gasteiger partial charge in [0, 0.05) is 11.8 Å². The number of rotatable bonds is 4. The Balaban J connectivity index is 1.36. The molecule has 1 aliphatic heterocycles. The third-order valence-electron chi connectivity index (χ3n) is 9.40. The molecule has 4 aromatic rings. The number of aromatic nitrogens is 1. The molecule has 194 valence electrons. The second-order valence-corrected chi connectivity index (χ2v) is 17.6. The molecule has 1 nitrogen and oxygen atoms in total. The van der Waals surface area contributed by atoms with Crippen molar-refractivity contribution in [1.82, 2.24) is 4.98 Å². The Morgan fingerprint density at radius 1 is 0.868 bits per heavy atom. The van der Waals surface area contributed by atoms with Gasteiger partial charge in [-0.3, -0.25) is 4.98 Å². The molecule has 6 rings (SSSR count). The van der Waals surface area contributed by atoms with Crippen LogP contribution in [-0.2, 0) is 0 Å². The highest BCUT2D eigenvalue weighted by molar-refractivity contribution is 7.07. The monoisotopic (exact) mass is 515 g/mol. The number of benzene rings is 3. The van der Waals surface area contributed by atoms with E-state index >= 15 is 0 Å². The van der Waals surface area contributed by atoms with E-state index in [9.17, 15) is 0 Å². The minimum Gasteiger partial charge on any atom is -0.256 e. The summed E-state index contributed by atoms with van der Waals surface area (Å²) >= 11 is 0. The first-order valence-electron chi connectivity index (χ1n) is 14.5. The molecule has 0 spiro atoms. The van der Waals surface area contributed by atoms with Crippen molar-refractivity contribution in [2.75, 3.05) is 0 Å². The number of fused-ring (bicyclic) bond motifs is 2. The van der Waals surface area contributed by atoms with Gasteiger partial charge >= 0.3 is 0 Å². The summed E-state index contributed by atoms with van der Waals surface area (Å²) in [5.41, 5.74) is 8.64. The molecule has 1 aromatic heterocycles. The Morgan fingerprint density at radius 2 is 1.58 bits per heavy atom. The molecule has 0 amide bonds. The Morgan fingerprint density at radius 3 is 2.29 bits per heavy atom. The molecule has 0 bridgehead atoms. The highest BCUT2D eigenvalue weighted by Gasteiger charge is 2.39. The predicted molar refractivity (Wildman–Crippen MR) is 168 cm³/mol. The van der Waals surface area contributed by atoms with Crippen LogP contribution in [-0.4, -0.2) is 13.1 Å². The molecule has 0 N–H and O–H groups in total. The highest BCUT2D eigenvalue weighted by Crippen LogP contribution is 2.43. The van der Waals surface area contributed by atoms with Crippen LogP contribution >= 0.6 is 0 Å². The summed E-state index contributed by atoms with van der Waals surface area (Å²) in [7, 11) is -1.95. The van der Waals surface area contributed by atoms with Crippen LogP contribution in [0, 0.1) is 5.41 Å². The van der Waals surface area contributed by atoms with Gasteiger partial charge in [-0.1, -0.05) is 95.4 Å². The molecule has 1 fully saturated rings. The van der Waals surface area contributed by atoms with E-state index < -0.39 is 8.07 Å². The predicted octanol–water partition coefficient (Wildman–Crippen LogP) is 9.72. The van der Waals surface area contributed by atoms with Crippen LogP contribution in [0.25, 0.3) is 33.3 Å². The normalized spacial score (nSPS) is 18.6. The van der Waals surface area contributed by atoms with Crippen molar-refractivity contribution in [3.63, 3.8) is 0 Å². The zero-order chi connectivity index (χ0) is 26.7. The third kappa shape index (κ3) is 4.37. The van der Waals surface area contributed by atoms with Gasteiger partial charge in [-0.2, -0.15) is 0 Å². The minimum absolute atomic E-state index is 0.462. The molecule has 0 unspecified atom stereocenters. The fourth-order valence-corrected chi connectivity index (χ4v) is 10.4. The van der Waals surface area contributed by atoms with E-state index in [-0.39, 0.29) is 0 Å². The Bertz CT molecular complexity index is 1530. The molecule has 1 saturated carbocycles. The van der Waals surface area contributed by atoms with Gasteiger partial charge in [-0.15, -0.1) is 0 Å². The van der Waals surface area contributed by atoms with Crippen molar-refractivity contribution in [2.24, 2.45) is 5.41 Å². The SMILES string of the molecule is CC(C)c1cc(-c2nccc3c2[Si](C)(C)C(c2ccc(C4CCC(C)(C)CC4)cc2)=C3)cc2ccccc12. The fraction of sp³-hybridized carbons (Fsp3) is 0.361. The molecule has 0 saturated heterocycles. The lowest BCUT2D eigenvalue weighted by atomic mass is 9.71. The molecule has 1 aliphatic carbocycles. The zero-order valence-electron chi connectivity index (χ0n) is 23.9. The van der Waals surface area contributed by atoms with E-state index in [1.54, 1.807) is 0 Å². The Kier molecular flexibility index (Phi) is 6.22. The van der Waals surface area contributed by atoms with Crippen LogP contribution < -0.4 is 5.19 Å².